The minimum Gasteiger partial charge on any atom is -0.463 e. The lowest BCUT2D eigenvalue weighted by Gasteiger charge is -2.16. The maximum atomic E-state index is 11.7. The Hall–Kier alpha value is -0.800. The molecule has 34 heavy (non-hydrogen) atoms. The van der Waals surface area contributed by atoms with Crippen molar-refractivity contribution in [2.45, 2.75) is 109 Å². The van der Waals surface area contributed by atoms with Crippen LogP contribution >= 0.6 is 7.82 Å². The van der Waals surface area contributed by atoms with E-state index in [9.17, 15) is 19.4 Å². The smallest absolute Gasteiger partial charge is 0.463 e. The third-order valence-electron chi connectivity index (χ3n) is 5.15. The number of hydrogen-bond donors (Lipinski definition) is 4. The van der Waals surface area contributed by atoms with E-state index < -0.39 is 45.8 Å². The predicted molar refractivity (Wildman–Crippen MR) is 131 cm³/mol. The van der Waals surface area contributed by atoms with Crippen LogP contribution in [0.25, 0.3) is 0 Å². The number of carbonyl (C=O) groups is 1. The van der Waals surface area contributed by atoms with Gasteiger partial charge < -0.3 is 24.9 Å². The summed E-state index contributed by atoms with van der Waals surface area (Å²) in [5, 5.41) is 27.4. The molecule has 0 spiro atoms. The van der Waals surface area contributed by atoms with E-state index in [0.29, 0.717) is 6.42 Å². The Morgan fingerprint density at radius 2 is 1.29 bits per heavy atom. The van der Waals surface area contributed by atoms with Crippen molar-refractivity contribution >= 4 is 13.8 Å². The summed E-state index contributed by atoms with van der Waals surface area (Å²) in [5.41, 5.74) is 0. The van der Waals surface area contributed by atoms with Crippen LogP contribution in [0.4, 0.5) is 0 Å². The van der Waals surface area contributed by atoms with E-state index in [4.69, 9.17) is 14.9 Å². The average molecular weight is 511 g/mol. The number of ether oxygens (including phenoxy) is 1. The standard InChI is InChI=1S/C24H47O9P/c1-2-3-4-5-6-7-8-9-10-11-12-13-14-15-16-17-24(28)31-19-23(27)21-33-34(29,30)32-20-22(26)18-25/h9-10,22-23,25-27H,2-8,11-21H2,1H3,(H,29,30)/b10-9-/t22?,23-/m1/s1. The Balaban J connectivity index is 3.56. The van der Waals surface area contributed by atoms with Crippen molar-refractivity contribution in [2.75, 3.05) is 26.4 Å². The Morgan fingerprint density at radius 1 is 0.794 bits per heavy atom. The number of phosphoric acid groups is 1. The van der Waals surface area contributed by atoms with Crippen LogP contribution in [0.1, 0.15) is 96.8 Å². The molecule has 0 fully saturated rings. The van der Waals surface area contributed by atoms with Crippen molar-refractivity contribution < 1.29 is 43.4 Å². The summed E-state index contributed by atoms with van der Waals surface area (Å²) in [4.78, 5) is 21.1. The van der Waals surface area contributed by atoms with Crippen LogP contribution in [-0.4, -0.2) is 64.8 Å². The molecule has 0 bridgehead atoms. The molecule has 0 aromatic carbocycles. The number of carbonyl (C=O) groups excluding carboxylic acids is 1. The van der Waals surface area contributed by atoms with Gasteiger partial charge in [0.1, 0.15) is 18.8 Å². The van der Waals surface area contributed by atoms with Gasteiger partial charge >= 0.3 is 13.8 Å². The molecule has 0 amide bonds. The van der Waals surface area contributed by atoms with Gasteiger partial charge in [-0.2, -0.15) is 0 Å². The first kappa shape index (κ1) is 33.2. The second-order valence-corrected chi connectivity index (χ2v) is 10.0. The summed E-state index contributed by atoms with van der Waals surface area (Å²) in [6, 6.07) is 0. The summed E-state index contributed by atoms with van der Waals surface area (Å²) < 4.78 is 25.5. The summed E-state index contributed by atoms with van der Waals surface area (Å²) in [7, 11) is -4.48. The lowest BCUT2D eigenvalue weighted by Crippen LogP contribution is -2.24. The molecule has 0 saturated carbocycles. The molecule has 0 rings (SSSR count). The molecule has 0 radical (unpaired) electrons. The molecular formula is C24H47O9P. The molecule has 0 aliphatic rings. The second-order valence-electron chi connectivity index (χ2n) is 8.57. The highest BCUT2D eigenvalue weighted by Gasteiger charge is 2.24. The number of esters is 1. The van der Waals surface area contributed by atoms with E-state index in [-0.39, 0.29) is 13.0 Å². The number of hydrogen-bond acceptors (Lipinski definition) is 8. The van der Waals surface area contributed by atoms with Crippen LogP contribution in [0.2, 0.25) is 0 Å². The highest BCUT2D eigenvalue weighted by atomic mass is 31.2. The molecule has 0 heterocycles. The highest BCUT2D eigenvalue weighted by molar-refractivity contribution is 7.47. The van der Waals surface area contributed by atoms with Crippen molar-refractivity contribution in [1.82, 2.24) is 0 Å². The monoisotopic (exact) mass is 510 g/mol. The predicted octanol–water partition coefficient (Wildman–Crippen LogP) is 4.41. The van der Waals surface area contributed by atoms with Gasteiger partial charge in [-0.15, -0.1) is 0 Å². The van der Waals surface area contributed by atoms with Crippen molar-refractivity contribution in [2.24, 2.45) is 0 Å². The van der Waals surface area contributed by atoms with E-state index in [1.54, 1.807) is 0 Å². The van der Waals surface area contributed by atoms with Gasteiger partial charge in [-0.05, 0) is 32.1 Å². The fraction of sp³-hybridized carbons (Fsp3) is 0.875. The van der Waals surface area contributed by atoms with Gasteiger partial charge in [-0.25, -0.2) is 4.57 Å². The maximum Gasteiger partial charge on any atom is 0.472 e. The molecule has 3 atom stereocenters. The lowest BCUT2D eigenvalue weighted by molar-refractivity contribution is -0.147. The Kier molecular flexibility index (Phi) is 22.1. The summed E-state index contributed by atoms with van der Waals surface area (Å²) in [6.07, 6.45) is 17.5. The summed E-state index contributed by atoms with van der Waals surface area (Å²) >= 11 is 0. The van der Waals surface area contributed by atoms with Gasteiger partial charge in [-0.3, -0.25) is 13.8 Å². The number of aliphatic hydroxyl groups is 3. The molecule has 202 valence electrons. The molecule has 0 aromatic heterocycles. The van der Waals surface area contributed by atoms with Gasteiger partial charge in [0.15, 0.2) is 0 Å². The quantitative estimate of drug-likeness (QED) is 0.0642. The zero-order valence-corrected chi connectivity index (χ0v) is 21.7. The maximum absolute atomic E-state index is 11.7. The largest absolute Gasteiger partial charge is 0.472 e. The normalized spacial score (nSPS) is 15.3. The van der Waals surface area contributed by atoms with E-state index in [1.165, 1.54) is 44.9 Å². The van der Waals surface area contributed by atoms with Gasteiger partial charge in [-0.1, -0.05) is 70.4 Å². The number of aliphatic hydroxyl groups excluding tert-OH is 3. The number of unbranched alkanes of at least 4 members (excludes halogenated alkanes) is 11. The summed E-state index contributed by atoms with van der Waals surface area (Å²) in [6.45, 7) is 0.0769. The zero-order valence-electron chi connectivity index (χ0n) is 20.8. The number of phosphoric ester groups is 1. The molecule has 0 aliphatic carbocycles. The van der Waals surface area contributed by atoms with Crippen molar-refractivity contribution in [1.29, 1.82) is 0 Å². The summed E-state index contributed by atoms with van der Waals surface area (Å²) in [5.74, 6) is -0.439. The Labute approximate surface area is 205 Å². The third-order valence-corrected chi connectivity index (χ3v) is 6.10. The van der Waals surface area contributed by atoms with E-state index in [0.717, 1.165) is 32.1 Å². The Bertz CT molecular complexity index is 557. The lowest BCUT2D eigenvalue weighted by atomic mass is 10.1. The van der Waals surface area contributed by atoms with Crippen LogP contribution < -0.4 is 0 Å². The fourth-order valence-corrected chi connectivity index (χ4v) is 3.90. The molecule has 0 aromatic rings. The zero-order chi connectivity index (χ0) is 25.5. The van der Waals surface area contributed by atoms with Gasteiger partial charge in [0.25, 0.3) is 0 Å². The van der Waals surface area contributed by atoms with E-state index >= 15 is 0 Å². The van der Waals surface area contributed by atoms with Crippen LogP contribution in [0, 0.1) is 0 Å². The van der Waals surface area contributed by atoms with Crippen LogP contribution in [0.5, 0.6) is 0 Å². The van der Waals surface area contributed by atoms with Gasteiger partial charge in [0.2, 0.25) is 0 Å². The highest BCUT2D eigenvalue weighted by Crippen LogP contribution is 2.43. The van der Waals surface area contributed by atoms with Gasteiger partial charge in [0, 0.05) is 6.42 Å². The van der Waals surface area contributed by atoms with E-state index in [2.05, 4.69) is 28.1 Å². The number of rotatable bonds is 24. The number of allylic oxidation sites excluding steroid dienone is 2. The first-order chi connectivity index (χ1) is 16.3. The molecular weight excluding hydrogens is 463 g/mol. The van der Waals surface area contributed by atoms with Crippen LogP contribution in [-0.2, 0) is 23.1 Å². The second kappa shape index (κ2) is 22.7. The van der Waals surface area contributed by atoms with Gasteiger partial charge in [0.05, 0.1) is 19.8 Å². The van der Waals surface area contributed by atoms with Crippen molar-refractivity contribution in [3.63, 3.8) is 0 Å². The third kappa shape index (κ3) is 23.0. The fourth-order valence-electron chi connectivity index (χ4n) is 3.10. The molecule has 9 nitrogen and oxygen atoms in total. The van der Waals surface area contributed by atoms with Crippen molar-refractivity contribution in [3.05, 3.63) is 12.2 Å². The minimum absolute atomic E-state index is 0.256. The molecule has 4 N–H and O–H groups in total. The molecule has 0 saturated heterocycles. The first-order valence-corrected chi connectivity index (χ1v) is 14.2. The average Bonchev–Trinajstić information content (AvgIpc) is 2.82. The molecule has 10 heteroatoms. The van der Waals surface area contributed by atoms with E-state index in [1.807, 2.05) is 0 Å². The molecule has 2 unspecified atom stereocenters. The van der Waals surface area contributed by atoms with Crippen LogP contribution in [0.15, 0.2) is 12.2 Å². The topological polar surface area (TPSA) is 143 Å². The SMILES string of the molecule is CCCCCCCC/C=C\CCCCCCCC(=O)OC[C@@H](O)COP(=O)(O)OCC(O)CO. The van der Waals surface area contributed by atoms with Crippen molar-refractivity contribution in [3.8, 4) is 0 Å². The molecule has 0 aliphatic heterocycles. The minimum atomic E-state index is -4.48. The first-order valence-electron chi connectivity index (χ1n) is 12.7. The van der Waals surface area contributed by atoms with Crippen LogP contribution in [0.3, 0.4) is 0 Å². The Morgan fingerprint density at radius 3 is 1.85 bits per heavy atom.